The van der Waals surface area contributed by atoms with Crippen molar-refractivity contribution in [3.8, 4) is 11.5 Å². The van der Waals surface area contributed by atoms with E-state index in [-0.39, 0.29) is 5.91 Å². The molecule has 1 rings (SSSR count). The number of benzene rings is 1. The number of ether oxygens (including phenoxy) is 2. The van der Waals surface area contributed by atoms with Crippen LogP contribution in [-0.2, 0) is 11.3 Å². The van der Waals surface area contributed by atoms with E-state index >= 15 is 0 Å². The number of methoxy groups -OCH3 is 2. The van der Waals surface area contributed by atoms with Gasteiger partial charge < -0.3 is 20.5 Å². The van der Waals surface area contributed by atoms with Crippen LogP contribution in [0.5, 0.6) is 11.5 Å². The van der Waals surface area contributed by atoms with Crippen molar-refractivity contribution >= 4 is 17.5 Å². The van der Waals surface area contributed by atoms with E-state index in [1.807, 2.05) is 12.1 Å². The molecule has 0 heterocycles. The third-order valence-electron chi connectivity index (χ3n) is 2.66. The van der Waals surface area contributed by atoms with Gasteiger partial charge in [-0.2, -0.15) is 0 Å². The highest BCUT2D eigenvalue weighted by Gasteiger charge is 2.12. The van der Waals surface area contributed by atoms with Gasteiger partial charge in [0.05, 0.1) is 19.2 Å². The Balaban J connectivity index is 2.57. The maximum atomic E-state index is 10.6. The molecule has 0 saturated carbocycles. The topological polar surface area (TPSA) is 73.6 Å². The van der Waals surface area contributed by atoms with Crippen molar-refractivity contribution < 1.29 is 14.3 Å². The molecule has 0 radical (unpaired) electrons. The molecule has 0 spiro atoms. The standard InChI is InChI=1S/C13H19ClN2O3/c1-18-10-6-5-9(12(14)13(10)19-2)8-16-7-3-4-11(15)17/h5-6,16H,3-4,7-8H2,1-2H3,(H2,15,17). The second-order valence-corrected chi connectivity index (χ2v) is 4.40. The van der Waals surface area contributed by atoms with Gasteiger partial charge in [-0.25, -0.2) is 0 Å². The number of amides is 1. The normalized spacial score (nSPS) is 10.3. The van der Waals surface area contributed by atoms with Gasteiger partial charge in [0.25, 0.3) is 0 Å². The lowest BCUT2D eigenvalue weighted by molar-refractivity contribution is -0.118. The van der Waals surface area contributed by atoms with Crippen LogP contribution in [0, 0.1) is 0 Å². The first-order valence-corrected chi connectivity index (χ1v) is 6.36. The molecular weight excluding hydrogens is 268 g/mol. The van der Waals surface area contributed by atoms with Gasteiger partial charge in [-0.3, -0.25) is 4.79 Å². The Hall–Kier alpha value is -1.46. The van der Waals surface area contributed by atoms with E-state index in [4.69, 9.17) is 26.8 Å². The van der Waals surface area contributed by atoms with Crippen molar-refractivity contribution in [2.24, 2.45) is 5.73 Å². The average molecular weight is 287 g/mol. The van der Waals surface area contributed by atoms with Crippen molar-refractivity contribution in [3.05, 3.63) is 22.7 Å². The number of carbonyl (C=O) groups excluding carboxylic acids is 1. The molecule has 0 aromatic heterocycles. The van der Waals surface area contributed by atoms with Gasteiger partial charge in [0.1, 0.15) is 0 Å². The van der Waals surface area contributed by atoms with Crippen LogP contribution in [0.4, 0.5) is 0 Å². The number of carbonyl (C=O) groups is 1. The number of nitrogens with two attached hydrogens (primary N) is 1. The average Bonchev–Trinajstić information content (AvgIpc) is 2.39. The first-order valence-electron chi connectivity index (χ1n) is 5.98. The molecule has 0 atom stereocenters. The lowest BCUT2D eigenvalue weighted by Gasteiger charge is -2.13. The molecule has 0 bridgehead atoms. The van der Waals surface area contributed by atoms with Gasteiger partial charge in [-0.15, -0.1) is 0 Å². The summed E-state index contributed by atoms with van der Waals surface area (Å²) in [7, 11) is 3.11. The fourth-order valence-corrected chi connectivity index (χ4v) is 1.98. The van der Waals surface area contributed by atoms with Crippen LogP contribution >= 0.6 is 11.6 Å². The Morgan fingerprint density at radius 2 is 2.11 bits per heavy atom. The molecule has 1 aromatic rings. The lowest BCUT2D eigenvalue weighted by atomic mass is 10.2. The maximum Gasteiger partial charge on any atom is 0.217 e. The number of hydrogen-bond acceptors (Lipinski definition) is 4. The molecule has 0 aliphatic carbocycles. The molecular formula is C13H19ClN2O3. The van der Waals surface area contributed by atoms with Crippen molar-refractivity contribution in [2.45, 2.75) is 19.4 Å². The number of halogens is 1. The summed E-state index contributed by atoms with van der Waals surface area (Å²) >= 11 is 6.24. The van der Waals surface area contributed by atoms with E-state index in [1.54, 1.807) is 14.2 Å². The lowest BCUT2D eigenvalue weighted by Crippen LogP contribution is -2.18. The van der Waals surface area contributed by atoms with E-state index in [0.29, 0.717) is 42.5 Å². The first-order chi connectivity index (χ1) is 9.10. The quantitative estimate of drug-likeness (QED) is 0.714. The Morgan fingerprint density at radius 3 is 2.68 bits per heavy atom. The Kier molecular flexibility index (Phi) is 6.45. The van der Waals surface area contributed by atoms with Crippen LogP contribution in [0.15, 0.2) is 12.1 Å². The van der Waals surface area contributed by atoms with Crippen molar-refractivity contribution in [3.63, 3.8) is 0 Å². The van der Waals surface area contributed by atoms with Gasteiger partial charge in [0.15, 0.2) is 11.5 Å². The first kappa shape index (κ1) is 15.6. The molecule has 0 aliphatic rings. The molecule has 6 heteroatoms. The van der Waals surface area contributed by atoms with Crippen LogP contribution in [0.3, 0.4) is 0 Å². The summed E-state index contributed by atoms with van der Waals surface area (Å²) in [5, 5.41) is 3.73. The minimum Gasteiger partial charge on any atom is -0.493 e. The molecule has 0 saturated heterocycles. The second-order valence-electron chi connectivity index (χ2n) is 4.02. The Labute approximate surface area is 118 Å². The summed E-state index contributed by atoms with van der Waals surface area (Å²) < 4.78 is 10.4. The predicted molar refractivity (Wildman–Crippen MR) is 74.7 cm³/mol. The zero-order chi connectivity index (χ0) is 14.3. The third-order valence-corrected chi connectivity index (χ3v) is 3.07. The fourth-order valence-electron chi connectivity index (χ4n) is 1.68. The molecule has 106 valence electrons. The molecule has 0 fully saturated rings. The number of primary amides is 1. The Morgan fingerprint density at radius 1 is 1.37 bits per heavy atom. The van der Waals surface area contributed by atoms with Crippen LogP contribution in [0.2, 0.25) is 5.02 Å². The fraction of sp³-hybridized carbons (Fsp3) is 0.462. The van der Waals surface area contributed by atoms with E-state index in [2.05, 4.69) is 5.32 Å². The third kappa shape index (κ3) is 4.61. The summed E-state index contributed by atoms with van der Waals surface area (Å²) in [5.41, 5.74) is 5.98. The van der Waals surface area contributed by atoms with Gasteiger partial charge in [-0.1, -0.05) is 17.7 Å². The van der Waals surface area contributed by atoms with Crippen molar-refractivity contribution in [1.29, 1.82) is 0 Å². The van der Waals surface area contributed by atoms with E-state index in [0.717, 1.165) is 5.56 Å². The number of nitrogens with one attached hydrogen (secondary N) is 1. The maximum absolute atomic E-state index is 10.6. The molecule has 0 aliphatic heterocycles. The Bertz CT molecular complexity index is 438. The molecule has 1 aromatic carbocycles. The predicted octanol–water partition coefficient (Wildman–Crippen LogP) is 1.71. The molecule has 1 amide bonds. The smallest absolute Gasteiger partial charge is 0.217 e. The van der Waals surface area contributed by atoms with Crippen LogP contribution in [0.1, 0.15) is 18.4 Å². The highest BCUT2D eigenvalue weighted by Crippen LogP contribution is 2.37. The zero-order valence-corrected chi connectivity index (χ0v) is 11.9. The van der Waals surface area contributed by atoms with Gasteiger partial charge in [0.2, 0.25) is 5.91 Å². The zero-order valence-electron chi connectivity index (χ0n) is 11.2. The largest absolute Gasteiger partial charge is 0.493 e. The van der Waals surface area contributed by atoms with Crippen LogP contribution < -0.4 is 20.5 Å². The SMILES string of the molecule is COc1ccc(CNCCCC(N)=O)c(Cl)c1OC. The molecule has 5 nitrogen and oxygen atoms in total. The monoisotopic (exact) mass is 286 g/mol. The molecule has 3 N–H and O–H groups in total. The van der Waals surface area contributed by atoms with E-state index in [1.165, 1.54) is 0 Å². The summed E-state index contributed by atoms with van der Waals surface area (Å²) in [5.74, 6) is 0.844. The molecule has 0 unspecified atom stereocenters. The summed E-state index contributed by atoms with van der Waals surface area (Å²) in [6.07, 6.45) is 1.09. The minimum absolute atomic E-state index is 0.286. The van der Waals surface area contributed by atoms with E-state index < -0.39 is 0 Å². The van der Waals surface area contributed by atoms with Gasteiger partial charge in [-0.05, 0) is 24.6 Å². The number of hydrogen-bond donors (Lipinski definition) is 2. The van der Waals surface area contributed by atoms with Crippen molar-refractivity contribution in [1.82, 2.24) is 5.32 Å². The van der Waals surface area contributed by atoms with E-state index in [9.17, 15) is 4.79 Å². The second kappa shape index (κ2) is 7.86. The van der Waals surface area contributed by atoms with Gasteiger partial charge in [0, 0.05) is 13.0 Å². The summed E-state index contributed by atoms with van der Waals surface area (Å²) in [6, 6.07) is 3.69. The summed E-state index contributed by atoms with van der Waals surface area (Å²) in [6.45, 7) is 1.30. The molecule has 19 heavy (non-hydrogen) atoms. The number of rotatable bonds is 8. The summed E-state index contributed by atoms with van der Waals surface area (Å²) in [4.78, 5) is 10.6. The minimum atomic E-state index is -0.286. The van der Waals surface area contributed by atoms with Crippen LogP contribution in [0.25, 0.3) is 0 Å². The van der Waals surface area contributed by atoms with Crippen molar-refractivity contribution in [2.75, 3.05) is 20.8 Å². The van der Waals surface area contributed by atoms with Gasteiger partial charge >= 0.3 is 0 Å². The highest BCUT2D eigenvalue weighted by molar-refractivity contribution is 6.33. The van der Waals surface area contributed by atoms with Crippen LogP contribution in [-0.4, -0.2) is 26.7 Å². The highest BCUT2D eigenvalue weighted by atomic mass is 35.5.